The van der Waals surface area contributed by atoms with Gasteiger partial charge in [-0.3, -0.25) is 14.9 Å². The first-order chi connectivity index (χ1) is 12.0. The van der Waals surface area contributed by atoms with Gasteiger partial charge in [0.25, 0.3) is 5.91 Å². The van der Waals surface area contributed by atoms with Crippen molar-refractivity contribution < 1.29 is 24.0 Å². The Balaban J connectivity index is 1.85. The van der Waals surface area contributed by atoms with Crippen LogP contribution in [0.25, 0.3) is 0 Å². The standard InChI is InChI=1S/C17H16N2O6/c1-12(17(21)18-13-7-3-2-4-8-13)25-16(20)11-24-15-10-6-5-9-14(15)19(22)23/h2-10,12H,11H2,1H3,(H,18,21)/t12-/m0/s1. The molecule has 1 amide bonds. The highest BCUT2D eigenvalue weighted by atomic mass is 16.6. The van der Waals surface area contributed by atoms with Crippen LogP contribution >= 0.6 is 0 Å². The molecule has 1 N–H and O–H groups in total. The monoisotopic (exact) mass is 344 g/mol. The summed E-state index contributed by atoms with van der Waals surface area (Å²) in [6.45, 7) is 0.870. The van der Waals surface area contributed by atoms with Crippen LogP contribution in [0.1, 0.15) is 6.92 Å². The van der Waals surface area contributed by atoms with Gasteiger partial charge in [0.2, 0.25) is 0 Å². The molecule has 0 spiro atoms. The SMILES string of the molecule is C[C@H](OC(=O)COc1ccccc1[N+](=O)[O-])C(=O)Nc1ccccc1. The van der Waals surface area contributed by atoms with Crippen LogP contribution in [0.3, 0.4) is 0 Å². The van der Waals surface area contributed by atoms with E-state index in [0.29, 0.717) is 5.69 Å². The number of hydrogen-bond acceptors (Lipinski definition) is 6. The van der Waals surface area contributed by atoms with E-state index in [1.54, 1.807) is 36.4 Å². The molecule has 0 aliphatic rings. The fourth-order valence-electron chi connectivity index (χ4n) is 1.92. The summed E-state index contributed by atoms with van der Waals surface area (Å²) in [6.07, 6.45) is -1.04. The summed E-state index contributed by atoms with van der Waals surface area (Å²) in [5.41, 5.74) is 0.316. The van der Waals surface area contributed by atoms with Crippen LogP contribution < -0.4 is 10.1 Å². The second-order valence-corrected chi connectivity index (χ2v) is 5.00. The molecule has 0 aromatic heterocycles. The molecule has 130 valence electrons. The zero-order chi connectivity index (χ0) is 18.2. The molecule has 0 radical (unpaired) electrons. The molecule has 0 heterocycles. The second-order valence-electron chi connectivity index (χ2n) is 5.00. The number of nitro benzene ring substituents is 1. The number of carbonyl (C=O) groups excluding carboxylic acids is 2. The van der Waals surface area contributed by atoms with Gasteiger partial charge in [-0.15, -0.1) is 0 Å². The lowest BCUT2D eigenvalue weighted by Crippen LogP contribution is -2.31. The van der Waals surface area contributed by atoms with Gasteiger partial charge >= 0.3 is 11.7 Å². The van der Waals surface area contributed by atoms with Crippen LogP contribution in [0, 0.1) is 10.1 Å². The highest BCUT2D eigenvalue weighted by molar-refractivity contribution is 5.95. The third-order valence-electron chi connectivity index (χ3n) is 3.13. The van der Waals surface area contributed by atoms with Crippen molar-refractivity contribution in [1.29, 1.82) is 0 Å². The van der Waals surface area contributed by atoms with Gasteiger partial charge in [-0.1, -0.05) is 30.3 Å². The molecular formula is C17H16N2O6. The normalized spacial score (nSPS) is 11.2. The van der Waals surface area contributed by atoms with Crippen molar-refractivity contribution in [2.45, 2.75) is 13.0 Å². The lowest BCUT2D eigenvalue weighted by Gasteiger charge is -2.14. The number of hydrogen-bond donors (Lipinski definition) is 1. The maximum absolute atomic E-state index is 11.9. The second kappa shape index (κ2) is 8.44. The largest absolute Gasteiger partial charge is 0.475 e. The summed E-state index contributed by atoms with van der Waals surface area (Å²) in [6, 6.07) is 14.4. The minimum absolute atomic E-state index is 0.0501. The molecule has 0 aliphatic carbocycles. The van der Waals surface area contributed by atoms with Gasteiger partial charge in [-0.05, 0) is 25.1 Å². The number of nitro groups is 1. The summed E-state index contributed by atoms with van der Waals surface area (Å²) in [5, 5.41) is 13.5. The van der Waals surface area contributed by atoms with Gasteiger partial charge in [-0.2, -0.15) is 0 Å². The van der Waals surface area contributed by atoms with Crippen LogP contribution in [-0.4, -0.2) is 29.5 Å². The number of esters is 1. The topological polar surface area (TPSA) is 108 Å². The van der Waals surface area contributed by atoms with E-state index in [-0.39, 0.29) is 11.4 Å². The number of para-hydroxylation sites is 3. The number of amides is 1. The van der Waals surface area contributed by atoms with Gasteiger partial charge in [0.05, 0.1) is 4.92 Å². The fraction of sp³-hybridized carbons (Fsp3) is 0.176. The molecule has 2 aromatic rings. The summed E-state index contributed by atoms with van der Waals surface area (Å²) in [4.78, 5) is 34.0. The average molecular weight is 344 g/mol. The summed E-state index contributed by atoms with van der Waals surface area (Å²) in [7, 11) is 0. The lowest BCUT2D eigenvalue weighted by atomic mass is 10.3. The zero-order valence-corrected chi connectivity index (χ0v) is 13.4. The number of ether oxygens (including phenoxy) is 2. The minimum atomic E-state index is -1.04. The average Bonchev–Trinajstić information content (AvgIpc) is 2.61. The molecule has 0 saturated carbocycles. The van der Waals surface area contributed by atoms with Gasteiger partial charge in [0, 0.05) is 11.8 Å². The lowest BCUT2D eigenvalue weighted by molar-refractivity contribution is -0.385. The molecule has 0 aliphatic heterocycles. The van der Waals surface area contributed by atoms with E-state index in [2.05, 4.69) is 5.32 Å². The van der Waals surface area contributed by atoms with Crippen LogP contribution in [0.5, 0.6) is 5.75 Å². The Bertz CT molecular complexity index is 763. The highest BCUT2D eigenvalue weighted by Crippen LogP contribution is 2.25. The van der Waals surface area contributed by atoms with E-state index in [1.807, 2.05) is 0 Å². The van der Waals surface area contributed by atoms with E-state index >= 15 is 0 Å². The Morgan fingerprint density at radius 1 is 1.12 bits per heavy atom. The molecule has 0 unspecified atom stereocenters. The van der Waals surface area contributed by atoms with Crippen LogP contribution in [0.15, 0.2) is 54.6 Å². The number of rotatable bonds is 7. The van der Waals surface area contributed by atoms with Gasteiger partial charge in [0.1, 0.15) is 0 Å². The Morgan fingerprint density at radius 3 is 2.44 bits per heavy atom. The zero-order valence-electron chi connectivity index (χ0n) is 13.4. The van der Waals surface area contributed by atoms with Crippen LogP contribution in [0.4, 0.5) is 11.4 Å². The van der Waals surface area contributed by atoms with Gasteiger partial charge in [0.15, 0.2) is 18.5 Å². The molecule has 8 heteroatoms. The maximum Gasteiger partial charge on any atom is 0.344 e. The number of nitrogens with one attached hydrogen (secondary N) is 1. The van der Waals surface area contributed by atoms with E-state index < -0.39 is 29.5 Å². The number of nitrogens with zero attached hydrogens (tertiary/aromatic N) is 1. The Kier molecular flexibility index (Phi) is 6.05. The Hall–Kier alpha value is -3.42. The van der Waals surface area contributed by atoms with E-state index in [4.69, 9.17) is 9.47 Å². The van der Waals surface area contributed by atoms with Gasteiger partial charge < -0.3 is 14.8 Å². The number of benzene rings is 2. The molecule has 25 heavy (non-hydrogen) atoms. The highest BCUT2D eigenvalue weighted by Gasteiger charge is 2.20. The Labute approximate surface area is 143 Å². The van der Waals surface area contributed by atoms with Crippen LogP contribution in [0.2, 0.25) is 0 Å². The van der Waals surface area contributed by atoms with Crippen molar-refractivity contribution in [3.63, 3.8) is 0 Å². The minimum Gasteiger partial charge on any atom is -0.475 e. The predicted octanol–water partition coefficient (Wildman–Crippen LogP) is 2.54. The molecular weight excluding hydrogens is 328 g/mol. The van der Waals surface area contributed by atoms with Crippen molar-refractivity contribution in [3.8, 4) is 5.75 Å². The first-order valence-corrected chi connectivity index (χ1v) is 7.39. The molecule has 8 nitrogen and oxygen atoms in total. The predicted molar refractivity (Wildman–Crippen MR) is 89.2 cm³/mol. The van der Waals surface area contributed by atoms with Crippen molar-refractivity contribution >= 4 is 23.3 Å². The van der Waals surface area contributed by atoms with E-state index in [9.17, 15) is 19.7 Å². The van der Waals surface area contributed by atoms with Crippen LogP contribution in [-0.2, 0) is 14.3 Å². The summed E-state index contributed by atoms with van der Waals surface area (Å²) < 4.78 is 10.1. The molecule has 1 atom stereocenters. The van der Waals surface area contributed by atoms with Gasteiger partial charge in [-0.25, -0.2) is 4.79 Å². The molecule has 2 rings (SSSR count). The smallest absolute Gasteiger partial charge is 0.344 e. The first kappa shape index (κ1) is 17.9. The molecule has 0 fully saturated rings. The van der Waals surface area contributed by atoms with E-state index in [0.717, 1.165) is 0 Å². The maximum atomic E-state index is 11.9. The first-order valence-electron chi connectivity index (χ1n) is 7.39. The summed E-state index contributed by atoms with van der Waals surface area (Å²) >= 11 is 0. The molecule has 0 saturated heterocycles. The quantitative estimate of drug-likeness (QED) is 0.470. The molecule has 2 aromatic carbocycles. The van der Waals surface area contributed by atoms with Crippen molar-refractivity contribution in [2.75, 3.05) is 11.9 Å². The summed E-state index contributed by atoms with van der Waals surface area (Å²) in [5.74, 6) is -1.36. The number of carbonyl (C=O) groups is 2. The van der Waals surface area contributed by atoms with Crippen molar-refractivity contribution in [2.24, 2.45) is 0 Å². The third-order valence-corrected chi connectivity index (χ3v) is 3.13. The fourth-order valence-corrected chi connectivity index (χ4v) is 1.92. The van der Waals surface area contributed by atoms with Crippen molar-refractivity contribution in [1.82, 2.24) is 0 Å². The Morgan fingerprint density at radius 2 is 1.76 bits per heavy atom. The van der Waals surface area contributed by atoms with Crippen molar-refractivity contribution in [3.05, 3.63) is 64.7 Å². The number of anilines is 1. The molecule has 0 bridgehead atoms. The third kappa shape index (κ3) is 5.31. The van der Waals surface area contributed by atoms with E-state index in [1.165, 1.54) is 25.1 Å².